The fourth-order valence-corrected chi connectivity index (χ4v) is 15.2. The maximum absolute atomic E-state index is 14.6. The third-order valence-corrected chi connectivity index (χ3v) is 19.9. The summed E-state index contributed by atoms with van der Waals surface area (Å²) in [4.78, 5) is 57.4. The van der Waals surface area contributed by atoms with Gasteiger partial charge in [-0.25, -0.2) is 0 Å². The first-order valence-corrected chi connectivity index (χ1v) is 36.0. The molecule has 0 aliphatic heterocycles. The van der Waals surface area contributed by atoms with E-state index in [1.54, 1.807) is 12.1 Å². The summed E-state index contributed by atoms with van der Waals surface area (Å²) < 4.78 is 31.0. The van der Waals surface area contributed by atoms with Crippen LogP contribution >= 0.6 is 22.7 Å². The van der Waals surface area contributed by atoms with Gasteiger partial charge in [0.2, 0.25) is 0 Å². The fourth-order valence-electron chi connectivity index (χ4n) is 12.6. The van der Waals surface area contributed by atoms with Crippen molar-refractivity contribution in [2.45, 2.75) is 285 Å². The summed E-state index contributed by atoms with van der Waals surface area (Å²) in [6.45, 7) is 11.0. The first-order valence-electron chi connectivity index (χ1n) is 34.4. The number of allylic oxidation sites excluding steroid dienone is 4. The molecule has 0 N–H and O–H groups in total. The van der Waals surface area contributed by atoms with Gasteiger partial charge in [0.1, 0.15) is 11.5 Å². The van der Waals surface area contributed by atoms with Gasteiger partial charge in [-0.15, -0.1) is 22.7 Å². The van der Waals surface area contributed by atoms with Crippen molar-refractivity contribution >= 4 is 86.2 Å². The van der Waals surface area contributed by atoms with Crippen LogP contribution in [0, 0.1) is 0 Å². The molecule has 462 valence electrons. The Bertz CT molecular complexity index is 2720. The van der Waals surface area contributed by atoms with Crippen LogP contribution in [0.2, 0.25) is 0 Å². The van der Waals surface area contributed by atoms with Crippen molar-refractivity contribution in [3.8, 4) is 23.0 Å². The largest absolute Gasteiger partial charge is 0.492 e. The number of carbonyl (C=O) groups excluding carboxylic acids is 4. The van der Waals surface area contributed by atoms with Crippen LogP contribution < -0.4 is 18.9 Å². The predicted molar refractivity (Wildman–Crippen MR) is 357 cm³/mol. The third-order valence-electron chi connectivity index (χ3n) is 17.5. The Morgan fingerprint density at radius 3 is 0.786 bits per heavy atom. The molecule has 0 spiro atoms. The lowest BCUT2D eigenvalue weighted by molar-refractivity contribution is 0.0995. The molecular formula is C74H106O8S2. The van der Waals surface area contributed by atoms with Gasteiger partial charge in [0.15, 0.2) is 34.6 Å². The van der Waals surface area contributed by atoms with Crippen LogP contribution in [0.25, 0.3) is 40.3 Å². The highest BCUT2D eigenvalue weighted by molar-refractivity contribution is 7.29. The molecule has 0 bridgehead atoms. The molecule has 2 aromatic heterocycles. The topological polar surface area (TPSA) is 105 Å². The van der Waals surface area contributed by atoms with Crippen LogP contribution in [-0.4, -0.2) is 49.6 Å². The zero-order valence-electron chi connectivity index (χ0n) is 52.7. The van der Waals surface area contributed by atoms with Gasteiger partial charge in [0, 0.05) is 43.8 Å². The lowest BCUT2D eigenvalue weighted by Crippen LogP contribution is -2.13. The Morgan fingerprint density at radius 1 is 0.274 bits per heavy atom. The smallest absolute Gasteiger partial charge is 0.187 e. The van der Waals surface area contributed by atoms with Crippen LogP contribution in [0.3, 0.4) is 0 Å². The molecule has 8 nitrogen and oxygen atoms in total. The van der Waals surface area contributed by atoms with E-state index in [1.165, 1.54) is 227 Å². The normalized spacial score (nSPS) is 13.2. The fraction of sp³-hybridized carbons (Fsp3) is 0.649. The Hall–Kier alpha value is -4.54. The van der Waals surface area contributed by atoms with Gasteiger partial charge in [-0.3, -0.25) is 19.2 Å². The molecule has 10 heteroatoms. The van der Waals surface area contributed by atoms with Gasteiger partial charge < -0.3 is 18.9 Å². The molecule has 3 aromatic carbocycles. The number of hydrogen-bond donors (Lipinski definition) is 0. The molecule has 0 amide bonds. The molecule has 0 saturated heterocycles. The standard InChI is InChI=1S/C74H106O8S2/c1-5-9-13-17-21-25-29-33-37-41-49-79-61-53-55-57(75)45-47-59(77)63(55)65-67-68-66-64-56(58(76)46-48-60(64)78)54-62(80-50-42-38-34-30-26-22-18-14-10-6-2)72(66)84-74(68)70(82-52-44-40-36-32-28-24-20-16-12-8-4)69(73(67)83-71(61)65)81-51-43-39-35-31-27-23-19-15-11-7-3/h45-48,53-54H,5-44,49-52H2,1-4H3. The summed E-state index contributed by atoms with van der Waals surface area (Å²) in [6.07, 6.45) is 53.7. The van der Waals surface area contributed by atoms with Crippen molar-refractivity contribution in [3.05, 3.63) is 58.7 Å². The molecule has 5 aromatic rings. The summed E-state index contributed by atoms with van der Waals surface area (Å²) in [5.41, 5.74) is 1.29. The number of rotatable bonds is 48. The molecule has 7 rings (SSSR count). The van der Waals surface area contributed by atoms with Crippen LogP contribution in [0.4, 0.5) is 0 Å². The van der Waals surface area contributed by atoms with Crippen LogP contribution in [0.15, 0.2) is 36.4 Å². The number of thiophene rings is 2. The second-order valence-electron chi connectivity index (χ2n) is 24.5. The van der Waals surface area contributed by atoms with Crippen molar-refractivity contribution < 1.29 is 38.1 Å². The van der Waals surface area contributed by atoms with Crippen molar-refractivity contribution in [3.63, 3.8) is 0 Å². The van der Waals surface area contributed by atoms with Gasteiger partial charge in [0.05, 0.1) is 45.2 Å². The van der Waals surface area contributed by atoms with Crippen LogP contribution in [-0.2, 0) is 0 Å². The average Bonchev–Trinajstić information content (AvgIpc) is 1.71. The zero-order valence-corrected chi connectivity index (χ0v) is 54.3. The number of fused-ring (bicyclic) bond motifs is 11. The SMILES string of the molecule is CCCCCCCCCCCCOc1cc2c(c3c1sc1c(OCCCCCCCCCCCC)c(OCCCCCCCCCCCC)c4sc5c(OCCCCCCCCCCCC)cc6c(c5c4c13)C(=O)C=CC6=O)C(=O)C=CC2=O. The monoisotopic (exact) mass is 1190 g/mol. The van der Waals surface area contributed by atoms with E-state index in [-0.39, 0.29) is 23.1 Å². The highest BCUT2D eigenvalue weighted by atomic mass is 32.1. The molecule has 0 radical (unpaired) electrons. The molecule has 0 saturated carbocycles. The summed E-state index contributed by atoms with van der Waals surface area (Å²) in [5.74, 6) is 1.36. The summed E-state index contributed by atoms with van der Waals surface area (Å²) in [5, 5.41) is 2.69. The Kier molecular flexibility index (Phi) is 30.2. The number of ether oxygens (including phenoxy) is 4. The maximum atomic E-state index is 14.6. The molecule has 0 fully saturated rings. The minimum atomic E-state index is -0.255. The van der Waals surface area contributed by atoms with Crippen molar-refractivity contribution in [2.75, 3.05) is 26.4 Å². The van der Waals surface area contributed by atoms with Crippen molar-refractivity contribution in [1.29, 1.82) is 0 Å². The third kappa shape index (κ3) is 19.2. The molecule has 2 aliphatic rings. The van der Waals surface area contributed by atoms with E-state index < -0.39 is 0 Å². The van der Waals surface area contributed by atoms with Crippen molar-refractivity contribution in [2.24, 2.45) is 0 Å². The number of hydrogen-bond acceptors (Lipinski definition) is 10. The summed E-state index contributed by atoms with van der Waals surface area (Å²) in [7, 11) is 0. The van der Waals surface area contributed by atoms with Crippen molar-refractivity contribution in [1.82, 2.24) is 0 Å². The first kappa shape index (κ1) is 67.0. The van der Waals surface area contributed by atoms with E-state index in [9.17, 15) is 19.2 Å². The average molecular weight is 1190 g/mol. The van der Waals surface area contributed by atoms with Gasteiger partial charge in [-0.1, -0.05) is 259 Å². The molecule has 0 atom stereocenters. The van der Waals surface area contributed by atoms with E-state index in [0.29, 0.717) is 82.5 Å². The highest BCUT2D eigenvalue weighted by Crippen LogP contribution is 2.59. The van der Waals surface area contributed by atoms with Crippen LogP contribution in [0.5, 0.6) is 23.0 Å². The zero-order chi connectivity index (χ0) is 59.1. The van der Waals surface area contributed by atoms with Gasteiger partial charge >= 0.3 is 0 Å². The van der Waals surface area contributed by atoms with E-state index >= 15 is 0 Å². The summed E-state index contributed by atoms with van der Waals surface area (Å²) >= 11 is 3.04. The number of ketones is 4. The quantitative estimate of drug-likeness (QED) is 0.0355. The molecule has 2 heterocycles. The maximum Gasteiger partial charge on any atom is 0.187 e. The van der Waals surface area contributed by atoms with Gasteiger partial charge in [-0.05, 0) is 62.1 Å². The van der Waals surface area contributed by atoms with E-state index in [1.807, 2.05) is 0 Å². The Morgan fingerprint density at radius 2 is 0.512 bits per heavy atom. The Balaban J connectivity index is 1.31. The van der Waals surface area contributed by atoms with Crippen LogP contribution in [0.1, 0.15) is 326 Å². The Labute approximate surface area is 514 Å². The van der Waals surface area contributed by atoms with E-state index in [2.05, 4.69) is 27.7 Å². The molecule has 0 unspecified atom stereocenters. The lowest BCUT2D eigenvalue weighted by atomic mass is 9.87. The second kappa shape index (κ2) is 37.9. The molecular weight excluding hydrogens is 1080 g/mol. The minimum Gasteiger partial charge on any atom is -0.492 e. The van der Waals surface area contributed by atoms with E-state index in [0.717, 1.165) is 107 Å². The number of carbonyl (C=O) groups is 4. The highest BCUT2D eigenvalue weighted by Gasteiger charge is 2.35. The number of benzene rings is 3. The second-order valence-corrected chi connectivity index (χ2v) is 26.6. The number of unbranched alkanes of at least 4 members (excludes halogenated alkanes) is 36. The lowest BCUT2D eigenvalue weighted by Gasteiger charge is -2.18. The summed E-state index contributed by atoms with van der Waals surface area (Å²) in [6, 6.07) is 3.58. The van der Waals surface area contributed by atoms with Gasteiger partial charge in [0.25, 0.3) is 0 Å². The minimum absolute atomic E-state index is 0.249. The van der Waals surface area contributed by atoms with E-state index in [4.69, 9.17) is 18.9 Å². The van der Waals surface area contributed by atoms with Gasteiger partial charge in [-0.2, -0.15) is 0 Å². The molecule has 2 aliphatic carbocycles. The predicted octanol–water partition coefficient (Wildman–Crippen LogP) is 23.5. The molecule has 84 heavy (non-hydrogen) atoms. The first-order chi connectivity index (χ1) is 41.3.